The summed E-state index contributed by atoms with van der Waals surface area (Å²) in [6.07, 6.45) is 0. The lowest BCUT2D eigenvalue weighted by molar-refractivity contribution is -0.138. The second-order valence-corrected chi connectivity index (χ2v) is 5.96. The molecule has 0 spiro atoms. The van der Waals surface area contributed by atoms with Gasteiger partial charge in [-0.15, -0.1) is 23.4 Å². The summed E-state index contributed by atoms with van der Waals surface area (Å²) in [5, 5.41) is 8.99. The quantitative estimate of drug-likeness (QED) is 0.508. The summed E-state index contributed by atoms with van der Waals surface area (Å²) in [4.78, 5) is 23.0. The molecule has 0 radical (unpaired) electrons. The van der Waals surface area contributed by atoms with Crippen molar-refractivity contribution >= 4 is 35.1 Å². The van der Waals surface area contributed by atoms with Crippen molar-refractivity contribution in [1.82, 2.24) is 0 Å². The Morgan fingerprint density at radius 2 is 1.82 bits per heavy atom. The highest BCUT2D eigenvalue weighted by Gasteiger charge is 2.28. The Kier molecular flexibility index (Phi) is 4.60. The van der Waals surface area contributed by atoms with Gasteiger partial charge >= 0.3 is 5.97 Å². The number of carboxylic acids is 1. The first-order valence-electron chi connectivity index (χ1n) is 4.98. The molecule has 0 saturated carbocycles. The van der Waals surface area contributed by atoms with Crippen LogP contribution in [0.5, 0.6) is 0 Å². The van der Waals surface area contributed by atoms with Crippen LogP contribution in [0.4, 0.5) is 0 Å². The molecular formula is C12H13ClO3S. The van der Waals surface area contributed by atoms with Crippen molar-refractivity contribution in [2.75, 3.05) is 5.88 Å². The molecule has 1 rings (SSSR count). The molecule has 0 aliphatic rings. The van der Waals surface area contributed by atoms with E-state index >= 15 is 0 Å². The van der Waals surface area contributed by atoms with E-state index in [1.54, 1.807) is 38.1 Å². The number of rotatable bonds is 5. The molecule has 5 heteroatoms. The van der Waals surface area contributed by atoms with E-state index in [1.165, 1.54) is 11.8 Å². The van der Waals surface area contributed by atoms with Gasteiger partial charge in [0.2, 0.25) is 0 Å². The molecule has 1 aromatic carbocycles. The number of thioether (sulfide) groups is 1. The number of carbonyl (C=O) groups is 2. The monoisotopic (exact) mass is 272 g/mol. The second kappa shape index (κ2) is 5.56. The van der Waals surface area contributed by atoms with Crippen LogP contribution in [-0.2, 0) is 4.79 Å². The van der Waals surface area contributed by atoms with Gasteiger partial charge in [0, 0.05) is 10.5 Å². The fraction of sp³-hybridized carbons (Fsp3) is 0.333. The maximum Gasteiger partial charge on any atom is 0.319 e. The number of hydrogen-bond acceptors (Lipinski definition) is 3. The first-order chi connectivity index (χ1) is 7.86. The highest BCUT2D eigenvalue weighted by Crippen LogP contribution is 2.32. The molecule has 0 bridgehead atoms. The maximum absolute atomic E-state index is 11.3. The Hall–Kier alpha value is -1.00. The average Bonchev–Trinajstić information content (AvgIpc) is 2.28. The summed E-state index contributed by atoms with van der Waals surface area (Å²) in [6.45, 7) is 3.27. The van der Waals surface area contributed by atoms with Crippen LogP contribution in [0.1, 0.15) is 24.2 Å². The summed E-state index contributed by atoms with van der Waals surface area (Å²) in [7, 11) is 0. The third-order valence-corrected chi connectivity index (χ3v) is 3.62. The van der Waals surface area contributed by atoms with E-state index in [4.69, 9.17) is 16.7 Å². The molecule has 3 nitrogen and oxygen atoms in total. The Labute approximate surface area is 109 Å². The molecule has 1 N–H and O–H groups in total. The van der Waals surface area contributed by atoms with Gasteiger partial charge in [-0.3, -0.25) is 9.59 Å². The van der Waals surface area contributed by atoms with Gasteiger partial charge in [0.05, 0.1) is 5.88 Å². The molecule has 1 aromatic rings. The van der Waals surface area contributed by atoms with Crippen LogP contribution < -0.4 is 0 Å². The first-order valence-corrected chi connectivity index (χ1v) is 6.33. The van der Waals surface area contributed by atoms with Gasteiger partial charge in [-0.2, -0.15) is 0 Å². The van der Waals surface area contributed by atoms with E-state index in [2.05, 4.69) is 0 Å². The molecule has 0 atom stereocenters. The van der Waals surface area contributed by atoms with Crippen molar-refractivity contribution in [3.05, 3.63) is 29.8 Å². The van der Waals surface area contributed by atoms with Crippen molar-refractivity contribution in [1.29, 1.82) is 0 Å². The standard InChI is InChI=1S/C12H13ClO3S/c1-12(2,11(15)16)17-9-5-3-8(4-6-9)10(14)7-13/h3-6H,7H2,1-2H3,(H,15,16). The number of benzene rings is 1. The predicted octanol–water partition coefficient (Wildman–Crippen LogP) is 3.06. The van der Waals surface area contributed by atoms with Crippen molar-refractivity contribution < 1.29 is 14.7 Å². The molecule has 0 fully saturated rings. The van der Waals surface area contributed by atoms with Crippen LogP contribution in [0.2, 0.25) is 0 Å². The van der Waals surface area contributed by atoms with E-state index in [1.807, 2.05) is 0 Å². The smallest absolute Gasteiger partial charge is 0.319 e. The highest BCUT2D eigenvalue weighted by molar-refractivity contribution is 8.01. The zero-order chi connectivity index (χ0) is 13.1. The largest absolute Gasteiger partial charge is 0.480 e. The third-order valence-electron chi connectivity index (χ3n) is 2.19. The summed E-state index contributed by atoms with van der Waals surface area (Å²) < 4.78 is -0.891. The fourth-order valence-electron chi connectivity index (χ4n) is 1.12. The zero-order valence-corrected chi connectivity index (χ0v) is 11.1. The summed E-state index contributed by atoms with van der Waals surface area (Å²) in [6, 6.07) is 6.78. The first kappa shape index (κ1) is 14.1. The summed E-state index contributed by atoms with van der Waals surface area (Å²) in [5.74, 6) is -1.06. The number of Topliss-reactive ketones (excluding diaryl/α,β-unsaturated/α-hetero) is 1. The van der Waals surface area contributed by atoms with Gasteiger partial charge < -0.3 is 5.11 Å². The predicted molar refractivity (Wildman–Crippen MR) is 69.1 cm³/mol. The number of carboxylic acid groups (broad SMARTS) is 1. The Morgan fingerprint density at radius 3 is 2.24 bits per heavy atom. The second-order valence-electron chi connectivity index (χ2n) is 4.00. The lowest BCUT2D eigenvalue weighted by Gasteiger charge is -2.18. The van der Waals surface area contributed by atoms with Crippen molar-refractivity contribution in [3.8, 4) is 0 Å². The van der Waals surface area contributed by atoms with Gasteiger partial charge in [0.25, 0.3) is 0 Å². The highest BCUT2D eigenvalue weighted by atomic mass is 35.5. The Morgan fingerprint density at radius 1 is 1.29 bits per heavy atom. The zero-order valence-electron chi connectivity index (χ0n) is 9.57. The van der Waals surface area contributed by atoms with E-state index in [9.17, 15) is 9.59 Å². The van der Waals surface area contributed by atoms with Gasteiger partial charge in [0.15, 0.2) is 5.78 Å². The van der Waals surface area contributed by atoms with Gasteiger partial charge in [-0.25, -0.2) is 0 Å². The molecule has 0 saturated heterocycles. The Bertz CT molecular complexity index is 426. The lowest BCUT2D eigenvalue weighted by Crippen LogP contribution is -2.26. The van der Waals surface area contributed by atoms with Gasteiger partial charge in [-0.1, -0.05) is 12.1 Å². The minimum Gasteiger partial charge on any atom is -0.480 e. The fourth-order valence-corrected chi connectivity index (χ4v) is 2.23. The number of hydrogen-bond donors (Lipinski definition) is 1. The minimum atomic E-state index is -0.891. The van der Waals surface area contributed by atoms with E-state index in [0.717, 1.165) is 4.90 Å². The minimum absolute atomic E-state index is 0.0485. The van der Waals surface area contributed by atoms with Gasteiger partial charge in [-0.05, 0) is 26.0 Å². The number of alkyl halides is 1. The van der Waals surface area contributed by atoms with Crippen LogP contribution in [0.15, 0.2) is 29.2 Å². The summed E-state index contributed by atoms with van der Waals surface area (Å²) in [5.41, 5.74) is 0.539. The molecule has 0 aliphatic carbocycles. The molecule has 0 aromatic heterocycles. The van der Waals surface area contributed by atoms with Crippen LogP contribution in [0, 0.1) is 0 Å². The molecular weight excluding hydrogens is 260 g/mol. The van der Waals surface area contributed by atoms with Crippen molar-refractivity contribution in [2.24, 2.45) is 0 Å². The van der Waals surface area contributed by atoms with Crippen LogP contribution in [0.3, 0.4) is 0 Å². The molecule has 92 valence electrons. The lowest BCUT2D eigenvalue weighted by atomic mass is 10.1. The summed E-state index contributed by atoms with van der Waals surface area (Å²) >= 11 is 6.68. The van der Waals surface area contributed by atoms with Crippen molar-refractivity contribution in [3.63, 3.8) is 0 Å². The topological polar surface area (TPSA) is 54.4 Å². The molecule has 0 heterocycles. The third kappa shape index (κ3) is 3.75. The van der Waals surface area contributed by atoms with E-state index < -0.39 is 10.7 Å². The van der Waals surface area contributed by atoms with E-state index in [-0.39, 0.29) is 11.7 Å². The molecule has 17 heavy (non-hydrogen) atoms. The van der Waals surface area contributed by atoms with Gasteiger partial charge in [0.1, 0.15) is 4.75 Å². The number of halogens is 1. The number of aliphatic carboxylic acids is 1. The molecule has 0 aliphatic heterocycles. The van der Waals surface area contributed by atoms with Crippen LogP contribution in [-0.4, -0.2) is 27.5 Å². The SMILES string of the molecule is CC(C)(Sc1ccc(C(=O)CCl)cc1)C(=O)O. The van der Waals surface area contributed by atoms with E-state index in [0.29, 0.717) is 5.56 Å². The Balaban J connectivity index is 2.82. The maximum atomic E-state index is 11.3. The number of carbonyl (C=O) groups excluding carboxylic acids is 1. The number of ketones is 1. The van der Waals surface area contributed by atoms with Crippen LogP contribution in [0.25, 0.3) is 0 Å². The molecule has 0 amide bonds. The molecule has 0 unspecified atom stereocenters. The van der Waals surface area contributed by atoms with Crippen LogP contribution >= 0.6 is 23.4 Å². The van der Waals surface area contributed by atoms with Crippen molar-refractivity contribution in [2.45, 2.75) is 23.5 Å². The normalized spacial score (nSPS) is 11.2. The average molecular weight is 273 g/mol.